The number of nitrogens with zero attached hydrogens (tertiary/aromatic N) is 1. The predicted octanol–water partition coefficient (Wildman–Crippen LogP) is 2.35. The first-order chi connectivity index (χ1) is 7.83. The maximum atomic E-state index is 3.65. The highest BCUT2D eigenvalue weighted by Crippen LogP contribution is 2.54. The van der Waals surface area contributed by atoms with Crippen LogP contribution in [0.15, 0.2) is 0 Å². The van der Waals surface area contributed by atoms with Gasteiger partial charge in [-0.25, -0.2) is 0 Å². The lowest BCUT2D eigenvalue weighted by atomic mass is 10.0. The first kappa shape index (κ1) is 12.4. The average molecular weight is 224 g/mol. The lowest BCUT2D eigenvalue weighted by Crippen LogP contribution is -2.29. The maximum absolute atomic E-state index is 3.65. The SMILES string of the molecule is CCN(CC)CCCNCC1CC2CC2C1. The predicted molar refractivity (Wildman–Crippen MR) is 69.6 cm³/mol. The van der Waals surface area contributed by atoms with Crippen molar-refractivity contribution in [1.82, 2.24) is 10.2 Å². The van der Waals surface area contributed by atoms with E-state index in [4.69, 9.17) is 0 Å². The van der Waals surface area contributed by atoms with Crippen LogP contribution in [0.25, 0.3) is 0 Å². The lowest BCUT2D eigenvalue weighted by Gasteiger charge is -2.18. The van der Waals surface area contributed by atoms with Gasteiger partial charge in [-0.05, 0) is 76.2 Å². The van der Waals surface area contributed by atoms with E-state index in [1.807, 2.05) is 0 Å². The third-order valence-corrected chi connectivity index (χ3v) is 4.50. The summed E-state index contributed by atoms with van der Waals surface area (Å²) in [6, 6.07) is 0. The van der Waals surface area contributed by atoms with E-state index < -0.39 is 0 Å². The molecular weight excluding hydrogens is 196 g/mol. The van der Waals surface area contributed by atoms with Crippen LogP contribution in [0.3, 0.4) is 0 Å². The monoisotopic (exact) mass is 224 g/mol. The maximum Gasteiger partial charge on any atom is -0.000687 e. The van der Waals surface area contributed by atoms with Crippen LogP contribution in [0.2, 0.25) is 0 Å². The Morgan fingerprint density at radius 2 is 1.75 bits per heavy atom. The lowest BCUT2D eigenvalue weighted by molar-refractivity contribution is 0.296. The van der Waals surface area contributed by atoms with Gasteiger partial charge in [0.1, 0.15) is 0 Å². The van der Waals surface area contributed by atoms with E-state index in [0.29, 0.717) is 0 Å². The molecule has 2 heteroatoms. The molecule has 0 radical (unpaired) electrons. The van der Waals surface area contributed by atoms with Gasteiger partial charge >= 0.3 is 0 Å². The van der Waals surface area contributed by atoms with Gasteiger partial charge in [0.25, 0.3) is 0 Å². The molecule has 2 aliphatic rings. The van der Waals surface area contributed by atoms with Crippen molar-refractivity contribution in [3.8, 4) is 0 Å². The molecule has 0 aromatic heterocycles. The van der Waals surface area contributed by atoms with Gasteiger partial charge in [0.05, 0.1) is 0 Å². The Hall–Kier alpha value is -0.0800. The molecule has 94 valence electrons. The van der Waals surface area contributed by atoms with E-state index in [1.54, 1.807) is 6.42 Å². The Bertz CT molecular complexity index is 191. The Morgan fingerprint density at radius 1 is 1.06 bits per heavy atom. The molecule has 2 unspecified atom stereocenters. The van der Waals surface area contributed by atoms with Crippen LogP contribution < -0.4 is 5.32 Å². The van der Waals surface area contributed by atoms with Crippen molar-refractivity contribution < 1.29 is 0 Å². The van der Waals surface area contributed by atoms with Crippen molar-refractivity contribution >= 4 is 0 Å². The molecule has 16 heavy (non-hydrogen) atoms. The van der Waals surface area contributed by atoms with Crippen LogP contribution in [0.1, 0.15) is 39.5 Å². The first-order valence-electron chi connectivity index (χ1n) is 7.26. The number of hydrogen-bond acceptors (Lipinski definition) is 2. The largest absolute Gasteiger partial charge is 0.316 e. The summed E-state index contributed by atoms with van der Waals surface area (Å²) in [5.41, 5.74) is 0. The van der Waals surface area contributed by atoms with Gasteiger partial charge in [0.15, 0.2) is 0 Å². The summed E-state index contributed by atoms with van der Waals surface area (Å²) in [6.45, 7) is 10.7. The third-order valence-electron chi connectivity index (χ3n) is 4.50. The van der Waals surface area contributed by atoms with Crippen LogP contribution in [0.4, 0.5) is 0 Å². The van der Waals surface area contributed by atoms with E-state index in [-0.39, 0.29) is 0 Å². The van der Waals surface area contributed by atoms with Gasteiger partial charge < -0.3 is 10.2 Å². The summed E-state index contributed by atoms with van der Waals surface area (Å²) in [4.78, 5) is 2.51. The molecule has 2 atom stereocenters. The highest BCUT2D eigenvalue weighted by Gasteiger charge is 2.45. The fourth-order valence-corrected chi connectivity index (χ4v) is 3.28. The van der Waals surface area contributed by atoms with E-state index >= 15 is 0 Å². The summed E-state index contributed by atoms with van der Waals surface area (Å²) < 4.78 is 0. The summed E-state index contributed by atoms with van der Waals surface area (Å²) >= 11 is 0. The third kappa shape index (κ3) is 3.46. The molecule has 0 aromatic rings. The van der Waals surface area contributed by atoms with Crippen molar-refractivity contribution in [1.29, 1.82) is 0 Å². The van der Waals surface area contributed by atoms with Gasteiger partial charge in [0.2, 0.25) is 0 Å². The summed E-state index contributed by atoms with van der Waals surface area (Å²) in [7, 11) is 0. The van der Waals surface area contributed by atoms with E-state index in [2.05, 4.69) is 24.1 Å². The Labute approximate surface area is 101 Å². The van der Waals surface area contributed by atoms with Crippen molar-refractivity contribution in [2.45, 2.75) is 39.5 Å². The van der Waals surface area contributed by atoms with E-state index in [9.17, 15) is 0 Å². The van der Waals surface area contributed by atoms with Crippen LogP contribution >= 0.6 is 0 Å². The van der Waals surface area contributed by atoms with Crippen molar-refractivity contribution in [2.75, 3.05) is 32.7 Å². The van der Waals surface area contributed by atoms with Crippen molar-refractivity contribution in [2.24, 2.45) is 17.8 Å². The highest BCUT2D eigenvalue weighted by atomic mass is 15.1. The smallest absolute Gasteiger partial charge is 0.000687 e. The fraction of sp³-hybridized carbons (Fsp3) is 1.00. The average Bonchev–Trinajstić information content (AvgIpc) is 2.92. The minimum absolute atomic E-state index is 1.01. The fourth-order valence-electron chi connectivity index (χ4n) is 3.28. The Balaban J connectivity index is 1.43. The Morgan fingerprint density at radius 3 is 2.38 bits per heavy atom. The standard InChI is InChI=1S/C14H28N2/c1-3-16(4-2)7-5-6-15-11-12-8-13-10-14(13)9-12/h12-15H,3-11H2,1-2H3. The summed E-state index contributed by atoms with van der Waals surface area (Å²) in [5, 5.41) is 3.65. The molecule has 0 aliphatic heterocycles. The van der Waals surface area contributed by atoms with E-state index in [0.717, 1.165) is 17.8 Å². The molecule has 2 rings (SSSR count). The molecule has 0 aromatic carbocycles. The second-order valence-electron chi connectivity index (χ2n) is 5.68. The highest BCUT2D eigenvalue weighted by molar-refractivity contribution is 4.96. The molecule has 0 amide bonds. The number of nitrogens with one attached hydrogen (secondary N) is 1. The number of rotatable bonds is 8. The zero-order valence-electron chi connectivity index (χ0n) is 11.0. The van der Waals surface area contributed by atoms with Crippen molar-refractivity contribution in [3.05, 3.63) is 0 Å². The van der Waals surface area contributed by atoms with Gasteiger partial charge in [-0.1, -0.05) is 13.8 Å². The van der Waals surface area contributed by atoms with Crippen molar-refractivity contribution in [3.63, 3.8) is 0 Å². The molecule has 2 nitrogen and oxygen atoms in total. The first-order valence-corrected chi connectivity index (χ1v) is 7.26. The molecule has 0 bridgehead atoms. The molecule has 1 N–H and O–H groups in total. The van der Waals surface area contributed by atoms with Crippen LogP contribution in [-0.2, 0) is 0 Å². The number of hydrogen-bond donors (Lipinski definition) is 1. The normalized spacial score (nSPS) is 32.1. The van der Waals surface area contributed by atoms with Gasteiger partial charge in [0, 0.05) is 0 Å². The molecule has 2 aliphatic carbocycles. The topological polar surface area (TPSA) is 15.3 Å². The molecule has 2 fully saturated rings. The molecule has 0 saturated heterocycles. The van der Waals surface area contributed by atoms with Gasteiger partial charge in [-0.2, -0.15) is 0 Å². The minimum atomic E-state index is 1.01. The molecular formula is C14H28N2. The second-order valence-corrected chi connectivity index (χ2v) is 5.68. The zero-order valence-corrected chi connectivity index (χ0v) is 11.0. The quantitative estimate of drug-likeness (QED) is 0.637. The Kier molecular flexibility index (Phi) is 4.66. The van der Waals surface area contributed by atoms with Crippen LogP contribution in [0, 0.1) is 17.8 Å². The van der Waals surface area contributed by atoms with E-state index in [1.165, 1.54) is 52.0 Å². The minimum Gasteiger partial charge on any atom is -0.316 e. The molecule has 2 saturated carbocycles. The molecule has 0 spiro atoms. The van der Waals surface area contributed by atoms with Crippen LogP contribution in [0.5, 0.6) is 0 Å². The summed E-state index contributed by atoms with van der Waals surface area (Å²) in [5.74, 6) is 3.29. The van der Waals surface area contributed by atoms with Gasteiger partial charge in [-0.3, -0.25) is 0 Å². The molecule has 0 heterocycles. The summed E-state index contributed by atoms with van der Waals surface area (Å²) in [6.07, 6.45) is 5.90. The second kappa shape index (κ2) is 6.02. The van der Waals surface area contributed by atoms with Gasteiger partial charge in [-0.15, -0.1) is 0 Å². The number of fused-ring (bicyclic) bond motifs is 1. The zero-order chi connectivity index (χ0) is 11.4. The van der Waals surface area contributed by atoms with Crippen LogP contribution in [-0.4, -0.2) is 37.6 Å².